The van der Waals surface area contributed by atoms with Gasteiger partial charge in [0.05, 0.1) is 6.42 Å². The van der Waals surface area contributed by atoms with E-state index in [4.69, 9.17) is 27.9 Å². The van der Waals surface area contributed by atoms with Crippen LogP contribution in [0, 0.1) is 0 Å². The number of hydrogen-bond donors (Lipinski definition) is 2. The van der Waals surface area contributed by atoms with Gasteiger partial charge in [0.2, 0.25) is 0 Å². The average Bonchev–Trinajstić information content (AvgIpc) is 2.58. The van der Waals surface area contributed by atoms with E-state index in [9.17, 15) is 15.0 Å². The van der Waals surface area contributed by atoms with Gasteiger partial charge in [0.15, 0.2) is 0 Å². The first-order chi connectivity index (χ1) is 12.9. The van der Waals surface area contributed by atoms with Gasteiger partial charge in [0.25, 0.3) is 0 Å². The molecule has 0 aliphatic carbocycles. The van der Waals surface area contributed by atoms with Crippen LogP contribution in [-0.2, 0) is 17.6 Å². The number of rotatable bonds is 5. The molecule has 0 atom stereocenters. The molecule has 4 nitrogen and oxygen atoms in total. The predicted molar refractivity (Wildman–Crippen MR) is 105 cm³/mol. The normalized spacial score (nSPS) is 10.6. The second-order valence-electron chi connectivity index (χ2n) is 5.98. The maximum Gasteiger partial charge on any atom is 0.315 e. The van der Waals surface area contributed by atoms with Gasteiger partial charge in [0, 0.05) is 34.7 Å². The lowest BCUT2D eigenvalue weighted by Gasteiger charge is -2.12. The zero-order valence-corrected chi connectivity index (χ0v) is 15.7. The Bertz CT molecular complexity index is 945. The van der Waals surface area contributed by atoms with Crippen molar-refractivity contribution in [3.63, 3.8) is 0 Å². The van der Waals surface area contributed by atoms with Gasteiger partial charge in [-0.25, -0.2) is 0 Å². The van der Waals surface area contributed by atoms with Crippen LogP contribution < -0.4 is 4.74 Å². The average molecular weight is 403 g/mol. The van der Waals surface area contributed by atoms with E-state index < -0.39 is 5.97 Å². The summed E-state index contributed by atoms with van der Waals surface area (Å²) in [5.74, 6) is -0.819. The molecule has 0 fully saturated rings. The molecule has 2 N–H and O–H groups in total. The molecular weight excluding hydrogens is 387 g/mol. The highest BCUT2D eigenvalue weighted by Gasteiger charge is 2.14. The minimum Gasteiger partial charge on any atom is -0.508 e. The van der Waals surface area contributed by atoms with Gasteiger partial charge in [0.1, 0.15) is 17.2 Å². The molecule has 27 heavy (non-hydrogen) atoms. The molecule has 0 heterocycles. The summed E-state index contributed by atoms with van der Waals surface area (Å²) >= 11 is 12.5. The smallest absolute Gasteiger partial charge is 0.315 e. The molecule has 6 heteroatoms. The van der Waals surface area contributed by atoms with Crippen molar-refractivity contribution in [3.05, 3.63) is 87.4 Å². The quantitative estimate of drug-likeness (QED) is 0.457. The Morgan fingerprint density at radius 3 is 2.07 bits per heavy atom. The summed E-state index contributed by atoms with van der Waals surface area (Å²) in [5.41, 5.74) is 2.48. The van der Waals surface area contributed by atoms with Gasteiger partial charge >= 0.3 is 5.97 Å². The standard InChI is InChI=1S/C21H16Cl2O4/c22-19-6-3-7-20(23)18(19)8-13-4-1-2-5-14(13)9-21(26)27-17-11-15(24)10-16(25)12-17/h1-7,10-12,24-25H,8-9H2. The molecule has 3 rings (SSSR count). The summed E-state index contributed by atoms with van der Waals surface area (Å²) in [6.07, 6.45) is 0.504. The third-order valence-electron chi connectivity index (χ3n) is 3.99. The molecule has 3 aromatic carbocycles. The minimum absolute atomic E-state index is 0.0225. The number of hydrogen-bond acceptors (Lipinski definition) is 4. The van der Waals surface area contributed by atoms with E-state index in [1.807, 2.05) is 24.3 Å². The molecular formula is C21H16Cl2O4. The molecule has 0 bridgehead atoms. The van der Waals surface area contributed by atoms with Crippen LogP contribution in [0.5, 0.6) is 17.2 Å². The third-order valence-corrected chi connectivity index (χ3v) is 4.70. The summed E-state index contributed by atoms with van der Waals surface area (Å²) in [6.45, 7) is 0. The van der Waals surface area contributed by atoms with Crippen molar-refractivity contribution in [1.82, 2.24) is 0 Å². The van der Waals surface area contributed by atoms with Crippen LogP contribution in [0.15, 0.2) is 60.7 Å². The van der Waals surface area contributed by atoms with Crippen molar-refractivity contribution < 1.29 is 19.7 Å². The first kappa shape index (κ1) is 19.1. The lowest BCUT2D eigenvalue weighted by Crippen LogP contribution is -2.12. The van der Waals surface area contributed by atoms with Crippen molar-refractivity contribution in [2.24, 2.45) is 0 Å². The summed E-state index contributed by atoms with van der Waals surface area (Å²) in [5, 5.41) is 20.1. The highest BCUT2D eigenvalue weighted by molar-refractivity contribution is 6.36. The van der Waals surface area contributed by atoms with Gasteiger partial charge in [-0.1, -0.05) is 53.5 Å². The van der Waals surface area contributed by atoms with Crippen LogP contribution in [0.25, 0.3) is 0 Å². The van der Waals surface area contributed by atoms with Gasteiger partial charge < -0.3 is 14.9 Å². The van der Waals surface area contributed by atoms with Gasteiger partial charge in [-0.15, -0.1) is 0 Å². The zero-order chi connectivity index (χ0) is 19.4. The molecule has 0 radical (unpaired) electrons. The van der Waals surface area contributed by atoms with E-state index in [1.54, 1.807) is 18.2 Å². The molecule has 0 spiro atoms. The summed E-state index contributed by atoms with van der Waals surface area (Å²) in [6, 6.07) is 16.4. The van der Waals surface area contributed by atoms with Crippen LogP contribution in [0.3, 0.4) is 0 Å². The summed E-state index contributed by atoms with van der Waals surface area (Å²) < 4.78 is 5.22. The second-order valence-corrected chi connectivity index (χ2v) is 6.80. The molecule has 3 aromatic rings. The second kappa shape index (κ2) is 8.33. The number of benzene rings is 3. The first-order valence-corrected chi connectivity index (χ1v) is 8.91. The number of aromatic hydroxyl groups is 2. The van der Waals surface area contributed by atoms with Crippen molar-refractivity contribution in [2.75, 3.05) is 0 Å². The van der Waals surface area contributed by atoms with E-state index in [1.165, 1.54) is 12.1 Å². The molecule has 0 aliphatic rings. The highest BCUT2D eigenvalue weighted by atomic mass is 35.5. The topological polar surface area (TPSA) is 66.8 Å². The molecule has 0 unspecified atom stereocenters. The Hall–Kier alpha value is -2.69. The Balaban J connectivity index is 1.78. The van der Waals surface area contributed by atoms with Crippen molar-refractivity contribution in [3.8, 4) is 17.2 Å². The fourth-order valence-electron chi connectivity index (χ4n) is 2.74. The van der Waals surface area contributed by atoms with Crippen molar-refractivity contribution in [2.45, 2.75) is 12.8 Å². The number of phenolic OH excluding ortho intramolecular Hbond substituents is 2. The van der Waals surface area contributed by atoms with E-state index in [2.05, 4.69) is 0 Å². The molecule has 0 saturated carbocycles. The number of esters is 1. The number of carbonyl (C=O) groups is 1. The lowest BCUT2D eigenvalue weighted by atomic mass is 9.98. The van der Waals surface area contributed by atoms with Crippen LogP contribution in [-0.4, -0.2) is 16.2 Å². The Morgan fingerprint density at radius 2 is 1.44 bits per heavy atom. The molecule has 0 saturated heterocycles. The summed E-state index contributed by atoms with van der Waals surface area (Å²) in [7, 11) is 0. The highest BCUT2D eigenvalue weighted by Crippen LogP contribution is 2.29. The van der Waals surface area contributed by atoms with Crippen LogP contribution >= 0.6 is 23.2 Å². The van der Waals surface area contributed by atoms with Crippen molar-refractivity contribution in [1.29, 1.82) is 0 Å². The van der Waals surface area contributed by atoms with Crippen LogP contribution in [0.2, 0.25) is 10.0 Å². The fraction of sp³-hybridized carbons (Fsp3) is 0.0952. The van der Waals surface area contributed by atoms with E-state index >= 15 is 0 Å². The Morgan fingerprint density at radius 1 is 0.852 bits per heavy atom. The zero-order valence-electron chi connectivity index (χ0n) is 14.2. The number of ether oxygens (including phenoxy) is 1. The first-order valence-electron chi connectivity index (χ1n) is 8.16. The minimum atomic E-state index is -0.516. The van der Waals surface area contributed by atoms with Crippen LogP contribution in [0.4, 0.5) is 0 Å². The molecule has 138 valence electrons. The largest absolute Gasteiger partial charge is 0.508 e. The Labute approximate surface area is 166 Å². The van der Waals surface area contributed by atoms with Crippen LogP contribution in [0.1, 0.15) is 16.7 Å². The number of phenols is 2. The van der Waals surface area contributed by atoms with Gasteiger partial charge in [-0.05, 0) is 28.8 Å². The lowest BCUT2D eigenvalue weighted by molar-refractivity contribution is -0.133. The monoisotopic (exact) mass is 402 g/mol. The fourth-order valence-corrected chi connectivity index (χ4v) is 3.28. The number of carbonyl (C=O) groups excluding carboxylic acids is 1. The number of halogens is 2. The SMILES string of the molecule is O=C(Cc1ccccc1Cc1c(Cl)cccc1Cl)Oc1cc(O)cc(O)c1. The van der Waals surface area contributed by atoms with E-state index in [0.29, 0.717) is 16.5 Å². The van der Waals surface area contributed by atoms with Gasteiger partial charge in [-0.3, -0.25) is 4.79 Å². The predicted octanol–water partition coefficient (Wildman–Crippen LogP) is 5.14. The molecule has 0 aromatic heterocycles. The molecule has 0 amide bonds. The maximum absolute atomic E-state index is 12.3. The van der Waals surface area contributed by atoms with Gasteiger partial charge in [-0.2, -0.15) is 0 Å². The van der Waals surface area contributed by atoms with E-state index in [-0.39, 0.29) is 23.7 Å². The van der Waals surface area contributed by atoms with E-state index in [0.717, 1.165) is 22.8 Å². The van der Waals surface area contributed by atoms with Crippen molar-refractivity contribution >= 4 is 29.2 Å². The molecule has 0 aliphatic heterocycles. The maximum atomic E-state index is 12.3. The summed E-state index contributed by atoms with van der Waals surface area (Å²) in [4.78, 5) is 12.3. The Kier molecular flexibility index (Phi) is 5.89. The third kappa shape index (κ3) is 4.94.